The number of hydrogen-bond acceptors (Lipinski definition) is 5. The molecule has 2 aromatic rings. The molecule has 0 bridgehead atoms. The van der Waals surface area contributed by atoms with Crippen LogP contribution in [0.25, 0.3) is 0 Å². The summed E-state index contributed by atoms with van der Waals surface area (Å²) >= 11 is 12.4. The fourth-order valence-electron chi connectivity index (χ4n) is 2.18. The molecule has 0 saturated heterocycles. The largest absolute Gasteiger partial charge is 0.508 e. The number of anilines is 1. The Morgan fingerprint density at radius 3 is 2.27 bits per heavy atom. The van der Waals surface area contributed by atoms with E-state index in [0.29, 0.717) is 5.75 Å². The maximum atomic E-state index is 11.5. The van der Waals surface area contributed by atoms with Gasteiger partial charge in [-0.2, -0.15) is 0 Å². The first-order chi connectivity index (χ1) is 12.2. The van der Waals surface area contributed by atoms with Gasteiger partial charge in [-0.25, -0.2) is 4.79 Å². The number of rotatable bonds is 4. The molecule has 0 spiro atoms. The highest BCUT2D eigenvalue weighted by Crippen LogP contribution is 2.40. The van der Waals surface area contributed by atoms with Gasteiger partial charge in [0.05, 0.1) is 17.2 Å². The summed E-state index contributed by atoms with van der Waals surface area (Å²) in [5.41, 5.74) is 0.938. The summed E-state index contributed by atoms with van der Waals surface area (Å²) in [6.45, 7) is 3.88. The lowest BCUT2D eigenvalue weighted by Gasteiger charge is -2.14. The second-order valence-corrected chi connectivity index (χ2v) is 6.51. The molecule has 0 aromatic heterocycles. The van der Waals surface area contributed by atoms with E-state index in [0.717, 1.165) is 12.7 Å². The maximum absolute atomic E-state index is 11.5. The van der Waals surface area contributed by atoms with Crippen LogP contribution in [0.1, 0.15) is 25.3 Å². The second-order valence-electron chi connectivity index (χ2n) is 5.69. The fraction of sp³-hybridized carbons (Fsp3) is 0.222. The summed E-state index contributed by atoms with van der Waals surface area (Å²) in [5.74, 6) is -1.09. The van der Waals surface area contributed by atoms with E-state index in [1.165, 1.54) is 18.2 Å². The molecule has 2 N–H and O–H groups in total. The number of methoxy groups -OCH3 is 1. The number of amides is 1. The van der Waals surface area contributed by atoms with Crippen molar-refractivity contribution < 1.29 is 24.2 Å². The summed E-state index contributed by atoms with van der Waals surface area (Å²) in [7, 11) is 1.10. The lowest BCUT2D eigenvalue weighted by molar-refractivity contribution is -0.150. The zero-order chi connectivity index (χ0) is 19.4. The molecule has 0 radical (unpaired) electrons. The van der Waals surface area contributed by atoms with E-state index in [-0.39, 0.29) is 33.1 Å². The van der Waals surface area contributed by atoms with Gasteiger partial charge in [-0.05, 0) is 36.2 Å². The Balaban J connectivity index is 2.27. The van der Waals surface area contributed by atoms with E-state index in [4.69, 9.17) is 27.9 Å². The molecule has 0 aliphatic heterocycles. The number of carbonyl (C=O) groups is 2. The van der Waals surface area contributed by atoms with Gasteiger partial charge in [0.25, 0.3) is 0 Å². The standard InChI is InChI=1S/C18H17Cl2NO5/c1-9(2)12-8-11(4-5-15(12)22)26-16-13(19)6-10(7-14(16)20)21-17(23)18(24)25-3/h4-9,22H,1-3H3,(H,21,23). The van der Waals surface area contributed by atoms with Crippen molar-refractivity contribution in [3.05, 3.63) is 45.9 Å². The average Bonchev–Trinajstić information content (AvgIpc) is 2.58. The summed E-state index contributed by atoms with van der Waals surface area (Å²) in [5, 5.41) is 12.5. The third-order valence-electron chi connectivity index (χ3n) is 3.47. The third kappa shape index (κ3) is 4.59. The van der Waals surface area contributed by atoms with Crippen LogP contribution in [0.2, 0.25) is 10.0 Å². The van der Waals surface area contributed by atoms with E-state index < -0.39 is 11.9 Å². The molecule has 0 unspecified atom stereocenters. The smallest absolute Gasteiger partial charge is 0.396 e. The van der Waals surface area contributed by atoms with Gasteiger partial charge in [0.1, 0.15) is 11.5 Å². The van der Waals surface area contributed by atoms with Gasteiger partial charge in [0.2, 0.25) is 0 Å². The highest BCUT2D eigenvalue weighted by atomic mass is 35.5. The van der Waals surface area contributed by atoms with Crippen molar-refractivity contribution in [2.45, 2.75) is 19.8 Å². The Morgan fingerprint density at radius 1 is 1.12 bits per heavy atom. The Labute approximate surface area is 160 Å². The zero-order valence-corrected chi connectivity index (χ0v) is 15.8. The first-order valence-electron chi connectivity index (χ1n) is 7.62. The number of phenolic OH excluding ortho intramolecular Hbond substituents is 1. The van der Waals surface area contributed by atoms with Gasteiger partial charge in [0.15, 0.2) is 5.75 Å². The predicted octanol–water partition coefficient (Wildman–Crippen LogP) is 4.73. The molecule has 0 saturated carbocycles. The highest BCUT2D eigenvalue weighted by Gasteiger charge is 2.17. The molecule has 0 atom stereocenters. The Morgan fingerprint density at radius 2 is 1.73 bits per heavy atom. The topological polar surface area (TPSA) is 84.9 Å². The van der Waals surface area contributed by atoms with Gasteiger partial charge < -0.3 is 19.9 Å². The molecular formula is C18H17Cl2NO5. The number of nitrogens with one attached hydrogen (secondary N) is 1. The third-order valence-corrected chi connectivity index (χ3v) is 4.03. The van der Waals surface area contributed by atoms with E-state index in [1.807, 2.05) is 13.8 Å². The van der Waals surface area contributed by atoms with Crippen LogP contribution in [0.4, 0.5) is 5.69 Å². The van der Waals surface area contributed by atoms with Crippen molar-refractivity contribution in [2.24, 2.45) is 0 Å². The minimum atomic E-state index is -1.04. The summed E-state index contributed by atoms with van der Waals surface area (Å²) in [6, 6.07) is 7.60. The van der Waals surface area contributed by atoms with Crippen LogP contribution in [0.15, 0.2) is 30.3 Å². The number of aromatic hydroxyl groups is 1. The second kappa shape index (κ2) is 8.29. The van der Waals surface area contributed by atoms with Crippen LogP contribution >= 0.6 is 23.2 Å². The molecule has 0 aliphatic carbocycles. The lowest BCUT2D eigenvalue weighted by Crippen LogP contribution is -2.23. The Kier molecular flexibility index (Phi) is 6.34. The summed E-state index contributed by atoms with van der Waals surface area (Å²) < 4.78 is 10.1. The van der Waals surface area contributed by atoms with Gasteiger partial charge in [-0.1, -0.05) is 37.0 Å². The molecule has 0 fully saturated rings. The predicted molar refractivity (Wildman–Crippen MR) is 99.4 cm³/mol. The molecule has 26 heavy (non-hydrogen) atoms. The van der Waals surface area contributed by atoms with Crippen molar-refractivity contribution in [3.8, 4) is 17.2 Å². The van der Waals surface area contributed by atoms with Crippen LogP contribution in [-0.4, -0.2) is 24.1 Å². The van der Waals surface area contributed by atoms with Gasteiger partial charge >= 0.3 is 11.9 Å². The van der Waals surface area contributed by atoms with Crippen LogP contribution in [0, 0.1) is 0 Å². The fourth-order valence-corrected chi connectivity index (χ4v) is 2.74. The average molecular weight is 398 g/mol. The number of benzene rings is 2. The van der Waals surface area contributed by atoms with Crippen LogP contribution in [0.3, 0.4) is 0 Å². The minimum absolute atomic E-state index is 0.0976. The van der Waals surface area contributed by atoms with E-state index in [9.17, 15) is 14.7 Å². The number of phenols is 1. The molecule has 1 amide bonds. The van der Waals surface area contributed by atoms with Crippen LogP contribution in [0.5, 0.6) is 17.2 Å². The van der Waals surface area contributed by atoms with Gasteiger partial charge in [-0.3, -0.25) is 4.79 Å². The molecular weight excluding hydrogens is 381 g/mol. The van der Waals surface area contributed by atoms with Crippen molar-refractivity contribution >= 4 is 40.8 Å². The van der Waals surface area contributed by atoms with Crippen molar-refractivity contribution in [2.75, 3.05) is 12.4 Å². The van der Waals surface area contributed by atoms with Gasteiger partial charge in [0, 0.05) is 11.3 Å². The quantitative estimate of drug-likeness (QED) is 0.575. The first kappa shape index (κ1) is 19.9. The van der Waals surface area contributed by atoms with Crippen LogP contribution < -0.4 is 10.1 Å². The van der Waals surface area contributed by atoms with E-state index in [1.54, 1.807) is 12.1 Å². The zero-order valence-electron chi connectivity index (χ0n) is 14.3. The summed E-state index contributed by atoms with van der Waals surface area (Å²) in [6.07, 6.45) is 0. The summed E-state index contributed by atoms with van der Waals surface area (Å²) in [4.78, 5) is 22.7. The lowest BCUT2D eigenvalue weighted by atomic mass is 10.0. The normalized spacial score (nSPS) is 10.5. The monoisotopic (exact) mass is 397 g/mol. The molecule has 0 aliphatic rings. The molecule has 2 rings (SSSR count). The van der Waals surface area contributed by atoms with Crippen LogP contribution in [-0.2, 0) is 14.3 Å². The van der Waals surface area contributed by atoms with Crippen molar-refractivity contribution in [3.63, 3.8) is 0 Å². The molecule has 8 heteroatoms. The number of carbonyl (C=O) groups excluding carboxylic acids is 2. The SMILES string of the molecule is COC(=O)C(=O)Nc1cc(Cl)c(Oc2ccc(O)c(C(C)C)c2)c(Cl)c1. The Hall–Kier alpha value is -2.44. The molecule has 6 nitrogen and oxygen atoms in total. The highest BCUT2D eigenvalue weighted by molar-refractivity contribution is 6.39. The Bertz CT molecular complexity index is 828. The van der Waals surface area contributed by atoms with Crippen molar-refractivity contribution in [1.82, 2.24) is 0 Å². The van der Waals surface area contributed by atoms with Gasteiger partial charge in [-0.15, -0.1) is 0 Å². The number of ether oxygens (including phenoxy) is 2. The number of esters is 1. The number of halogens is 2. The van der Waals surface area contributed by atoms with E-state index >= 15 is 0 Å². The molecule has 0 heterocycles. The molecule has 138 valence electrons. The maximum Gasteiger partial charge on any atom is 0.396 e. The first-order valence-corrected chi connectivity index (χ1v) is 8.37. The van der Waals surface area contributed by atoms with Crippen molar-refractivity contribution in [1.29, 1.82) is 0 Å². The minimum Gasteiger partial charge on any atom is -0.508 e. The molecule has 2 aromatic carbocycles. The number of hydrogen-bond donors (Lipinski definition) is 2. The van der Waals surface area contributed by atoms with E-state index in [2.05, 4.69) is 10.1 Å².